The van der Waals surface area contributed by atoms with Gasteiger partial charge >= 0.3 is 0 Å². The van der Waals surface area contributed by atoms with Gasteiger partial charge in [-0.2, -0.15) is 0 Å². The van der Waals surface area contributed by atoms with Crippen LogP contribution in [0.1, 0.15) is 0 Å². The Morgan fingerprint density at radius 2 is 0.894 bits per heavy atom. The maximum atomic E-state index is 6.60. The number of furan rings is 1. The van der Waals surface area contributed by atoms with Gasteiger partial charge < -0.3 is 4.42 Å². The van der Waals surface area contributed by atoms with E-state index in [1.165, 1.54) is 32.3 Å². The Balaban J connectivity index is 1.23. The zero-order valence-electron chi connectivity index (χ0n) is 25.2. The molecule has 0 saturated carbocycles. The zero-order valence-corrected chi connectivity index (χ0v) is 25.2. The van der Waals surface area contributed by atoms with Crippen molar-refractivity contribution in [3.63, 3.8) is 0 Å². The van der Waals surface area contributed by atoms with Crippen molar-refractivity contribution in [2.45, 2.75) is 0 Å². The van der Waals surface area contributed by atoms with Crippen LogP contribution in [0.2, 0.25) is 0 Å². The van der Waals surface area contributed by atoms with Crippen molar-refractivity contribution in [3.05, 3.63) is 152 Å². The van der Waals surface area contributed by atoms with Crippen molar-refractivity contribution in [3.8, 4) is 34.2 Å². The number of rotatable bonds is 3. The van der Waals surface area contributed by atoms with Crippen molar-refractivity contribution in [1.29, 1.82) is 0 Å². The molecule has 0 spiro atoms. The summed E-state index contributed by atoms with van der Waals surface area (Å²) in [7, 11) is 0. The number of fused-ring (bicyclic) bond motifs is 8. The van der Waals surface area contributed by atoms with Crippen LogP contribution in [0, 0.1) is 0 Å². The Hall–Kier alpha value is -6.39. The highest BCUT2D eigenvalue weighted by atomic mass is 16.3. The number of para-hydroxylation sites is 1. The summed E-state index contributed by atoms with van der Waals surface area (Å²) in [6.07, 6.45) is 0. The third kappa shape index (κ3) is 4.19. The maximum absolute atomic E-state index is 6.60. The predicted octanol–water partition coefficient (Wildman–Crippen LogP) is 11.4. The van der Waals surface area contributed by atoms with E-state index in [1.807, 2.05) is 6.07 Å². The van der Waals surface area contributed by atoms with Crippen LogP contribution in [-0.2, 0) is 0 Å². The standard InChI is InChI=1S/C43H25N3O/c1-2-10-29-22-32(20-16-26(29)8-1)41-44-42(33-21-19-28-18-17-27-9-5-6-13-34(27)37(28)24-33)46-43(45-41)36-15-7-14-35-38-23-30-11-3-4-12-31(30)25-39(38)47-40(35)36/h1-25H. The molecule has 2 heterocycles. The van der Waals surface area contributed by atoms with E-state index in [0.717, 1.165) is 49.4 Å². The number of hydrogen-bond donors (Lipinski definition) is 0. The van der Waals surface area contributed by atoms with E-state index < -0.39 is 0 Å². The number of benzene rings is 8. The second-order valence-electron chi connectivity index (χ2n) is 12.1. The molecule has 0 aliphatic carbocycles. The second kappa shape index (κ2) is 10.1. The lowest BCUT2D eigenvalue weighted by molar-refractivity contribution is 0.670. The molecule has 0 saturated heterocycles. The topological polar surface area (TPSA) is 51.8 Å². The largest absolute Gasteiger partial charge is 0.455 e. The molecule has 10 aromatic rings. The molecule has 47 heavy (non-hydrogen) atoms. The summed E-state index contributed by atoms with van der Waals surface area (Å²) >= 11 is 0. The highest BCUT2D eigenvalue weighted by Gasteiger charge is 2.18. The normalized spacial score (nSPS) is 11.8. The number of nitrogens with zero attached hydrogens (tertiary/aromatic N) is 3. The summed E-state index contributed by atoms with van der Waals surface area (Å²) in [5.41, 5.74) is 4.31. The van der Waals surface area contributed by atoms with E-state index in [0.29, 0.717) is 17.5 Å². The lowest BCUT2D eigenvalue weighted by atomic mass is 9.99. The first-order chi connectivity index (χ1) is 23.2. The first-order valence-corrected chi connectivity index (χ1v) is 15.8. The first-order valence-electron chi connectivity index (χ1n) is 15.8. The Morgan fingerprint density at radius 1 is 0.340 bits per heavy atom. The molecule has 2 aromatic heterocycles. The molecule has 0 aliphatic rings. The smallest absolute Gasteiger partial charge is 0.167 e. The highest BCUT2D eigenvalue weighted by molar-refractivity contribution is 6.13. The first kappa shape index (κ1) is 25.9. The van der Waals surface area contributed by atoms with E-state index in [9.17, 15) is 0 Å². The average molecular weight is 600 g/mol. The SMILES string of the molecule is c1ccc2cc(-c3nc(-c4ccc5ccc6ccccc6c5c4)nc(-c4cccc5c4oc4cc6ccccc6cc45)n3)ccc2c1. The fourth-order valence-electron chi connectivity index (χ4n) is 6.88. The minimum atomic E-state index is 0.574. The summed E-state index contributed by atoms with van der Waals surface area (Å²) in [5.74, 6) is 1.81. The fraction of sp³-hybridized carbons (Fsp3) is 0. The molecule has 4 nitrogen and oxygen atoms in total. The molecule has 4 heteroatoms. The lowest BCUT2D eigenvalue weighted by Crippen LogP contribution is -2.00. The van der Waals surface area contributed by atoms with E-state index in [1.54, 1.807) is 0 Å². The minimum Gasteiger partial charge on any atom is -0.455 e. The van der Waals surface area contributed by atoms with Gasteiger partial charge in [0.1, 0.15) is 11.2 Å². The average Bonchev–Trinajstić information content (AvgIpc) is 3.50. The Morgan fingerprint density at radius 3 is 1.68 bits per heavy atom. The molecule has 218 valence electrons. The summed E-state index contributed by atoms with van der Waals surface area (Å²) in [6.45, 7) is 0. The van der Waals surface area contributed by atoms with E-state index in [-0.39, 0.29) is 0 Å². The summed E-state index contributed by atoms with van der Waals surface area (Å²) in [4.78, 5) is 15.4. The quantitative estimate of drug-likeness (QED) is 0.190. The van der Waals surface area contributed by atoms with Crippen LogP contribution >= 0.6 is 0 Å². The fourth-order valence-corrected chi connectivity index (χ4v) is 6.88. The van der Waals surface area contributed by atoms with E-state index in [2.05, 4.69) is 146 Å². The number of aromatic nitrogens is 3. The molecule has 10 rings (SSSR count). The Labute approximate surface area is 269 Å². The van der Waals surface area contributed by atoms with Gasteiger partial charge in [-0.25, -0.2) is 15.0 Å². The van der Waals surface area contributed by atoms with Crippen molar-refractivity contribution in [2.75, 3.05) is 0 Å². The van der Waals surface area contributed by atoms with Crippen LogP contribution in [0.4, 0.5) is 0 Å². The lowest BCUT2D eigenvalue weighted by Gasteiger charge is -2.11. The summed E-state index contributed by atoms with van der Waals surface area (Å²) in [5, 5.41) is 11.5. The monoisotopic (exact) mass is 599 g/mol. The third-order valence-electron chi connectivity index (χ3n) is 9.25. The molecule has 0 amide bonds. The summed E-state index contributed by atoms with van der Waals surface area (Å²) < 4.78 is 6.60. The van der Waals surface area contributed by atoms with Crippen molar-refractivity contribution >= 4 is 65.0 Å². The second-order valence-corrected chi connectivity index (χ2v) is 12.1. The number of hydrogen-bond acceptors (Lipinski definition) is 4. The molecule has 8 aromatic carbocycles. The molecule has 0 aliphatic heterocycles. The Bertz CT molecular complexity index is 2870. The highest BCUT2D eigenvalue weighted by Crippen LogP contribution is 2.38. The van der Waals surface area contributed by atoms with Crippen LogP contribution in [0.5, 0.6) is 0 Å². The van der Waals surface area contributed by atoms with E-state index in [4.69, 9.17) is 19.4 Å². The molecule has 0 unspecified atom stereocenters. The molecular weight excluding hydrogens is 574 g/mol. The van der Waals surface area contributed by atoms with Gasteiger partial charge in [0.15, 0.2) is 17.5 Å². The van der Waals surface area contributed by atoms with Crippen LogP contribution < -0.4 is 0 Å². The van der Waals surface area contributed by atoms with Crippen LogP contribution in [0.15, 0.2) is 156 Å². The molecule has 0 N–H and O–H groups in total. The van der Waals surface area contributed by atoms with Crippen LogP contribution in [0.25, 0.3) is 99.2 Å². The van der Waals surface area contributed by atoms with Gasteiger partial charge in [-0.15, -0.1) is 0 Å². The predicted molar refractivity (Wildman–Crippen MR) is 193 cm³/mol. The summed E-state index contributed by atoms with van der Waals surface area (Å²) in [6, 6.07) is 52.9. The van der Waals surface area contributed by atoms with E-state index >= 15 is 0 Å². The third-order valence-corrected chi connectivity index (χ3v) is 9.25. The molecule has 0 bridgehead atoms. The van der Waals surface area contributed by atoms with Crippen molar-refractivity contribution in [1.82, 2.24) is 15.0 Å². The van der Waals surface area contributed by atoms with Gasteiger partial charge in [0.05, 0.1) is 5.56 Å². The van der Waals surface area contributed by atoms with Crippen molar-refractivity contribution in [2.24, 2.45) is 0 Å². The van der Waals surface area contributed by atoms with Gasteiger partial charge in [-0.3, -0.25) is 0 Å². The van der Waals surface area contributed by atoms with Gasteiger partial charge in [-0.05, 0) is 73.4 Å². The van der Waals surface area contributed by atoms with Crippen molar-refractivity contribution < 1.29 is 4.42 Å². The molecule has 0 radical (unpaired) electrons. The Kier molecular flexibility index (Phi) is 5.54. The van der Waals surface area contributed by atoms with Crippen LogP contribution in [-0.4, -0.2) is 15.0 Å². The zero-order chi connectivity index (χ0) is 30.9. The molecule has 0 fully saturated rings. The van der Waals surface area contributed by atoms with Gasteiger partial charge in [0.25, 0.3) is 0 Å². The van der Waals surface area contributed by atoms with Crippen LogP contribution in [0.3, 0.4) is 0 Å². The molecule has 0 atom stereocenters. The van der Waals surface area contributed by atoms with Gasteiger partial charge in [0.2, 0.25) is 0 Å². The maximum Gasteiger partial charge on any atom is 0.167 e. The minimum absolute atomic E-state index is 0.574. The molecular formula is C43H25N3O. The van der Waals surface area contributed by atoms with Gasteiger partial charge in [0, 0.05) is 21.9 Å². The van der Waals surface area contributed by atoms with Gasteiger partial charge in [-0.1, -0.05) is 121 Å².